The van der Waals surface area contributed by atoms with Crippen LogP contribution in [0.3, 0.4) is 0 Å². The van der Waals surface area contributed by atoms with Crippen LogP contribution in [-0.2, 0) is 6.54 Å². The van der Waals surface area contributed by atoms with Crippen LogP contribution in [0.15, 0.2) is 47.5 Å². The summed E-state index contributed by atoms with van der Waals surface area (Å²) < 4.78 is 0. The van der Waals surface area contributed by atoms with Crippen LogP contribution < -0.4 is 16.0 Å². The SMILES string of the molecule is CNC(=O)c1cccc2c1NC1(CCCCC1)C(=NCc1cccc(Cl)c1)N2. The van der Waals surface area contributed by atoms with Crippen LogP contribution in [0.4, 0.5) is 11.4 Å². The summed E-state index contributed by atoms with van der Waals surface area (Å²) in [5, 5.41) is 10.7. The molecule has 1 heterocycles. The molecular weight excluding hydrogens is 372 g/mol. The minimum Gasteiger partial charge on any atom is -0.370 e. The van der Waals surface area contributed by atoms with Crippen molar-refractivity contribution in [3.8, 4) is 0 Å². The Bertz CT molecular complexity index is 919. The maximum Gasteiger partial charge on any atom is 0.253 e. The Morgan fingerprint density at radius 2 is 1.96 bits per heavy atom. The number of para-hydroxylation sites is 1. The molecule has 0 bridgehead atoms. The van der Waals surface area contributed by atoms with Gasteiger partial charge in [-0.15, -0.1) is 0 Å². The lowest BCUT2D eigenvalue weighted by Crippen LogP contribution is -2.54. The van der Waals surface area contributed by atoms with Gasteiger partial charge in [-0.1, -0.05) is 49.1 Å². The Kier molecular flexibility index (Phi) is 5.27. The van der Waals surface area contributed by atoms with Gasteiger partial charge >= 0.3 is 0 Å². The third-order valence-electron chi connectivity index (χ3n) is 5.62. The highest BCUT2D eigenvalue weighted by atomic mass is 35.5. The summed E-state index contributed by atoms with van der Waals surface area (Å²) in [6.45, 7) is 0.566. The van der Waals surface area contributed by atoms with Crippen molar-refractivity contribution in [3.05, 3.63) is 58.6 Å². The molecule has 28 heavy (non-hydrogen) atoms. The van der Waals surface area contributed by atoms with E-state index >= 15 is 0 Å². The van der Waals surface area contributed by atoms with Crippen LogP contribution in [-0.4, -0.2) is 24.3 Å². The average molecular weight is 397 g/mol. The summed E-state index contributed by atoms with van der Waals surface area (Å²) in [7, 11) is 1.66. The number of benzene rings is 2. The first-order chi connectivity index (χ1) is 13.6. The molecule has 0 saturated heterocycles. The molecule has 1 fully saturated rings. The molecule has 6 heteroatoms. The van der Waals surface area contributed by atoms with Crippen molar-refractivity contribution in [1.82, 2.24) is 5.32 Å². The van der Waals surface area contributed by atoms with Crippen molar-refractivity contribution < 1.29 is 4.79 Å². The molecule has 0 unspecified atom stereocenters. The molecule has 5 nitrogen and oxygen atoms in total. The van der Waals surface area contributed by atoms with Gasteiger partial charge in [-0.3, -0.25) is 9.79 Å². The van der Waals surface area contributed by atoms with E-state index in [1.807, 2.05) is 42.5 Å². The van der Waals surface area contributed by atoms with Crippen molar-refractivity contribution in [2.24, 2.45) is 4.99 Å². The molecule has 1 amide bonds. The summed E-state index contributed by atoms with van der Waals surface area (Å²) in [5.41, 5.74) is 3.24. The molecular formula is C22H25ClN4O. The highest BCUT2D eigenvalue weighted by Gasteiger charge is 2.41. The average Bonchev–Trinajstić information content (AvgIpc) is 2.72. The highest BCUT2D eigenvalue weighted by Crippen LogP contribution is 2.41. The smallest absolute Gasteiger partial charge is 0.253 e. The number of amides is 1. The van der Waals surface area contributed by atoms with Gasteiger partial charge in [0.15, 0.2) is 0 Å². The molecule has 2 aliphatic rings. The summed E-state index contributed by atoms with van der Waals surface area (Å²) in [6.07, 6.45) is 5.51. The van der Waals surface area contributed by atoms with Crippen molar-refractivity contribution in [2.75, 3.05) is 17.7 Å². The third-order valence-corrected chi connectivity index (χ3v) is 5.86. The zero-order valence-electron chi connectivity index (χ0n) is 16.0. The number of nitrogens with one attached hydrogen (secondary N) is 3. The van der Waals surface area contributed by atoms with Gasteiger partial charge in [0.1, 0.15) is 5.84 Å². The molecule has 1 aliphatic carbocycles. The van der Waals surface area contributed by atoms with Gasteiger partial charge in [-0.2, -0.15) is 0 Å². The lowest BCUT2D eigenvalue weighted by Gasteiger charge is -2.44. The van der Waals surface area contributed by atoms with E-state index in [1.54, 1.807) is 7.05 Å². The largest absolute Gasteiger partial charge is 0.370 e. The van der Waals surface area contributed by atoms with Crippen molar-refractivity contribution in [2.45, 2.75) is 44.2 Å². The summed E-state index contributed by atoms with van der Waals surface area (Å²) >= 11 is 6.12. The van der Waals surface area contributed by atoms with E-state index < -0.39 is 0 Å². The van der Waals surface area contributed by atoms with E-state index in [9.17, 15) is 4.79 Å². The van der Waals surface area contributed by atoms with Gasteiger partial charge in [-0.05, 0) is 42.7 Å². The maximum atomic E-state index is 12.4. The van der Waals surface area contributed by atoms with Gasteiger partial charge in [0.25, 0.3) is 5.91 Å². The number of carbonyl (C=O) groups excluding carboxylic acids is 1. The quantitative estimate of drug-likeness (QED) is 0.695. The van der Waals surface area contributed by atoms with E-state index in [0.717, 1.165) is 53.5 Å². The molecule has 2 aromatic carbocycles. The zero-order valence-corrected chi connectivity index (χ0v) is 16.8. The Morgan fingerprint density at radius 1 is 1.18 bits per heavy atom. The molecule has 3 N–H and O–H groups in total. The fourth-order valence-electron chi connectivity index (χ4n) is 4.17. The van der Waals surface area contributed by atoms with Crippen molar-refractivity contribution in [3.63, 3.8) is 0 Å². The van der Waals surface area contributed by atoms with E-state index in [4.69, 9.17) is 16.6 Å². The van der Waals surface area contributed by atoms with Crippen LogP contribution in [0.25, 0.3) is 0 Å². The van der Waals surface area contributed by atoms with Crippen LogP contribution in [0, 0.1) is 0 Å². The summed E-state index contributed by atoms with van der Waals surface area (Å²) in [4.78, 5) is 17.3. The standard InChI is InChI=1S/C22H25ClN4O/c1-24-20(28)17-9-6-10-18-19(17)27-22(11-3-2-4-12-22)21(26-18)25-14-15-7-5-8-16(23)13-15/h5-10,13,27H,2-4,11-12,14H2,1H3,(H,24,28)(H,25,26). The van der Waals surface area contributed by atoms with Crippen molar-refractivity contribution in [1.29, 1.82) is 0 Å². The number of anilines is 2. The Morgan fingerprint density at radius 3 is 2.71 bits per heavy atom. The van der Waals surface area contributed by atoms with Gasteiger partial charge < -0.3 is 16.0 Å². The molecule has 0 aromatic heterocycles. The van der Waals surface area contributed by atoms with E-state index in [2.05, 4.69) is 16.0 Å². The van der Waals surface area contributed by atoms with Crippen LogP contribution in [0.1, 0.15) is 48.0 Å². The Hall–Kier alpha value is -2.53. The first kappa shape index (κ1) is 18.8. The Labute approximate surface area is 170 Å². The molecule has 1 aliphatic heterocycles. The number of amidine groups is 1. The van der Waals surface area contributed by atoms with E-state index in [0.29, 0.717) is 12.1 Å². The number of carbonyl (C=O) groups is 1. The second-order valence-electron chi connectivity index (χ2n) is 7.49. The molecule has 2 aromatic rings. The topological polar surface area (TPSA) is 65.5 Å². The number of nitrogens with zero attached hydrogens (tertiary/aromatic N) is 1. The normalized spacial score (nSPS) is 18.9. The summed E-state index contributed by atoms with van der Waals surface area (Å²) in [6, 6.07) is 13.6. The fourth-order valence-corrected chi connectivity index (χ4v) is 4.39. The molecule has 1 spiro atoms. The lowest BCUT2D eigenvalue weighted by atomic mass is 9.78. The van der Waals surface area contributed by atoms with E-state index in [1.165, 1.54) is 6.42 Å². The third kappa shape index (κ3) is 3.59. The number of hydrogen-bond donors (Lipinski definition) is 3. The number of fused-ring (bicyclic) bond motifs is 1. The molecule has 1 saturated carbocycles. The van der Waals surface area contributed by atoms with Gasteiger partial charge in [0.05, 0.1) is 29.0 Å². The van der Waals surface area contributed by atoms with E-state index in [-0.39, 0.29) is 11.4 Å². The van der Waals surface area contributed by atoms with Crippen LogP contribution in [0.5, 0.6) is 0 Å². The van der Waals surface area contributed by atoms with Crippen LogP contribution >= 0.6 is 11.6 Å². The summed E-state index contributed by atoms with van der Waals surface area (Å²) in [5.74, 6) is 0.866. The fraction of sp³-hybridized carbons (Fsp3) is 0.364. The first-order valence-electron chi connectivity index (χ1n) is 9.81. The molecule has 4 rings (SSSR count). The molecule has 0 atom stereocenters. The number of hydrogen-bond acceptors (Lipinski definition) is 3. The predicted molar refractivity (Wildman–Crippen MR) is 115 cm³/mol. The highest BCUT2D eigenvalue weighted by molar-refractivity contribution is 6.30. The number of aliphatic imine (C=N–C) groups is 1. The predicted octanol–water partition coefficient (Wildman–Crippen LogP) is 4.84. The van der Waals surface area contributed by atoms with Crippen molar-refractivity contribution >= 4 is 34.7 Å². The van der Waals surface area contributed by atoms with Crippen LogP contribution in [0.2, 0.25) is 5.02 Å². The Balaban J connectivity index is 1.72. The van der Waals surface area contributed by atoms with Gasteiger partial charge in [0.2, 0.25) is 0 Å². The second-order valence-corrected chi connectivity index (χ2v) is 7.93. The lowest BCUT2D eigenvalue weighted by molar-refractivity contribution is 0.0964. The number of halogens is 1. The van der Waals surface area contributed by atoms with Gasteiger partial charge in [-0.25, -0.2) is 0 Å². The number of rotatable bonds is 3. The second kappa shape index (κ2) is 7.84. The maximum absolute atomic E-state index is 12.4. The van der Waals surface area contributed by atoms with Gasteiger partial charge in [0, 0.05) is 12.1 Å². The molecule has 146 valence electrons. The first-order valence-corrected chi connectivity index (χ1v) is 10.2. The molecule has 0 radical (unpaired) electrons. The minimum atomic E-state index is -0.256. The monoisotopic (exact) mass is 396 g/mol. The minimum absolute atomic E-state index is 0.0866. The zero-order chi connectivity index (χ0) is 19.6.